The Balaban J connectivity index is 0.00000363. The lowest BCUT2D eigenvalue weighted by Crippen LogP contribution is -2.35. The summed E-state index contributed by atoms with van der Waals surface area (Å²) < 4.78 is 35.9. The van der Waals surface area contributed by atoms with Crippen LogP contribution in [0.5, 0.6) is 17.2 Å². The molecule has 4 N–H and O–H groups in total. The summed E-state index contributed by atoms with van der Waals surface area (Å²) in [6, 6.07) is 20.4. The molecule has 0 saturated heterocycles. The van der Waals surface area contributed by atoms with Crippen molar-refractivity contribution in [3.8, 4) is 17.2 Å². The summed E-state index contributed by atoms with van der Waals surface area (Å²) in [4.78, 5) is 11.9. The predicted octanol–water partition coefficient (Wildman–Crippen LogP) is 3.51. The van der Waals surface area contributed by atoms with Gasteiger partial charge in [0.2, 0.25) is 0 Å². The number of hydrogen-bond donors (Lipinski definition) is 3. The first-order valence-corrected chi connectivity index (χ1v) is 11.1. The Morgan fingerprint density at radius 3 is 2.22 bits per heavy atom. The minimum absolute atomic E-state index is 0. The third-order valence-corrected chi connectivity index (χ3v) is 5.27. The molecule has 0 aliphatic carbocycles. The van der Waals surface area contributed by atoms with Crippen LogP contribution in [0.4, 0.5) is 0 Å². The van der Waals surface area contributed by atoms with E-state index in [0.717, 1.165) is 11.8 Å². The number of halogens is 1. The van der Waals surface area contributed by atoms with Crippen LogP contribution in [0.3, 0.4) is 0 Å². The maximum Gasteiger partial charge on any atom is 0.257 e. The molecule has 1 amide bonds. The van der Waals surface area contributed by atoms with Crippen molar-refractivity contribution < 1.29 is 22.7 Å². The van der Waals surface area contributed by atoms with Crippen molar-refractivity contribution in [2.24, 2.45) is 5.73 Å². The van der Waals surface area contributed by atoms with Crippen LogP contribution in [0, 0.1) is 5.41 Å². The first-order valence-electron chi connectivity index (χ1n) is 9.16. The number of ether oxygens (including phenoxy) is 2. The summed E-state index contributed by atoms with van der Waals surface area (Å²) in [5.74, 6) is -0.127. The van der Waals surface area contributed by atoms with Gasteiger partial charge in [-0.1, -0.05) is 30.3 Å². The van der Waals surface area contributed by atoms with Gasteiger partial charge in [0.25, 0.3) is 5.91 Å². The summed E-state index contributed by atoms with van der Waals surface area (Å²) in [5.41, 5.74) is 6.22. The maximum atomic E-state index is 12.2. The molecule has 0 unspecified atom stereocenters. The summed E-state index contributed by atoms with van der Waals surface area (Å²) in [5, 5.41) is 9.24. The summed E-state index contributed by atoms with van der Waals surface area (Å²) in [6.45, 7) is 0.420. The Bertz CT molecular complexity index is 1200. The standard InChI is InChI=1S/C22H21N3O5S.ClH/c1-31(27,28)20-13-16(21(26)25-22(23)24)7-12-19(20)30-18-10-8-17(9-11-18)29-14-15-5-3-2-4-6-15;/h2-13H,14H2,1H3,(H4,23,24,25,26);1H. The number of guanidine groups is 1. The second-order valence-corrected chi connectivity index (χ2v) is 8.63. The molecule has 0 heterocycles. The number of nitrogens with one attached hydrogen (secondary N) is 2. The van der Waals surface area contributed by atoms with Gasteiger partial charge in [0.1, 0.15) is 28.8 Å². The average Bonchev–Trinajstić information content (AvgIpc) is 2.73. The Morgan fingerprint density at radius 2 is 1.62 bits per heavy atom. The zero-order valence-electron chi connectivity index (χ0n) is 17.1. The third kappa shape index (κ3) is 6.73. The van der Waals surface area contributed by atoms with E-state index >= 15 is 0 Å². The highest BCUT2D eigenvalue weighted by molar-refractivity contribution is 7.90. The van der Waals surface area contributed by atoms with Gasteiger partial charge in [-0.15, -0.1) is 12.4 Å². The molecule has 3 aromatic carbocycles. The van der Waals surface area contributed by atoms with E-state index in [9.17, 15) is 13.2 Å². The second kappa shape index (κ2) is 10.7. The number of hydrogen-bond acceptors (Lipinski definition) is 6. The third-order valence-electron chi connectivity index (χ3n) is 4.15. The Morgan fingerprint density at radius 1 is 1.00 bits per heavy atom. The van der Waals surface area contributed by atoms with Crippen molar-refractivity contribution in [2.75, 3.05) is 6.26 Å². The van der Waals surface area contributed by atoms with Gasteiger partial charge >= 0.3 is 0 Å². The number of nitrogens with two attached hydrogens (primary N) is 1. The van der Waals surface area contributed by atoms with Crippen LogP contribution in [-0.4, -0.2) is 26.5 Å². The van der Waals surface area contributed by atoms with Gasteiger partial charge in [-0.25, -0.2) is 8.42 Å². The Labute approximate surface area is 192 Å². The number of carbonyl (C=O) groups excluding carboxylic acids is 1. The minimum atomic E-state index is -3.70. The van der Waals surface area contributed by atoms with E-state index in [-0.39, 0.29) is 28.6 Å². The molecule has 0 atom stereocenters. The van der Waals surface area contributed by atoms with Crippen LogP contribution < -0.4 is 20.5 Å². The van der Waals surface area contributed by atoms with Crippen molar-refractivity contribution in [1.29, 1.82) is 5.41 Å². The van der Waals surface area contributed by atoms with Gasteiger partial charge in [0.15, 0.2) is 15.8 Å². The number of sulfone groups is 1. The van der Waals surface area contributed by atoms with E-state index in [0.29, 0.717) is 18.1 Å². The zero-order valence-corrected chi connectivity index (χ0v) is 18.7. The highest BCUT2D eigenvalue weighted by atomic mass is 35.5. The maximum absolute atomic E-state index is 12.2. The fraction of sp³-hybridized carbons (Fsp3) is 0.0909. The molecule has 0 spiro atoms. The van der Waals surface area contributed by atoms with Gasteiger partial charge < -0.3 is 15.2 Å². The zero-order chi connectivity index (χ0) is 22.4. The SMILES string of the molecule is CS(=O)(=O)c1cc(C(=O)NC(=N)N)ccc1Oc1ccc(OCc2ccccc2)cc1.Cl. The van der Waals surface area contributed by atoms with Gasteiger partial charge in [-0.05, 0) is 48.0 Å². The Kier molecular flexibility index (Phi) is 8.22. The van der Waals surface area contributed by atoms with Gasteiger partial charge in [-0.2, -0.15) is 0 Å². The molecule has 0 aliphatic heterocycles. The minimum Gasteiger partial charge on any atom is -0.489 e. The summed E-state index contributed by atoms with van der Waals surface area (Å²) >= 11 is 0. The molecule has 0 radical (unpaired) electrons. The highest BCUT2D eigenvalue weighted by Crippen LogP contribution is 2.31. The molecule has 0 aliphatic rings. The fourth-order valence-electron chi connectivity index (χ4n) is 2.69. The molecule has 0 bridgehead atoms. The van der Waals surface area contributed by atoms with Gasteiger partial charge in [0, 0.05) is 11.8 Å². The fourth-order valence-corrected chi connectivity index (χ4v) is 3.51. The second-order valence-electron chi connectivity index (χ2n) is 6.65. The lowest BCUT2D eigenvalue weighted by Gasteiger charge is -2.12. The molecule has 3 rings (SSSR count). The van der Waals surface area contributed by atoms with Gasteiger partial charge in [0.05, 0.1) is 0 Å². The molecule has 0 fully saturated rings. The van der Waals surface area contributed by atoms with Crippen molar-refractivity contribution in [2.45, 2.75) is 11.5 Å². The summed E-state index contributed by atoms with van der Waals surface area (Å²) in [6.07, 6.45) is 1.02. The normalized spacial score (nSPS) is 10.5. The highest BCUT2D eigenvalue weighted by Gasteiger charge is 2.19. The van der Waals surface area contributed by atoms with E-state index in [1.165, 1.54) is 18.2 Å². The molecular weight excluding hydrogens is 454 g/mol. The van der Waals surface area contributed by atoms with E-state index < -0.39 is 21.7 Å². The van der Waals surface area contributed by atoms with Gasteiger partial charge in [-0.3, -0.25) is 15.5 Å². The monoisotopic (exact) mass is 475 g/mol. The predicted molar refractivity (Wildman–Crippen MR) is 123 cm³/mol. The first-order chi connectivity index (χ1) is 14.7. The van der Waals surface area contributed by atoms with Crippen LogP contribution in [-0.2, 0) is 16.4 Å². The van der Waals surface area contributed by atoms with Crippen molar-refractivity contribution in [3.05, 3.63) is 83.9 Å². The molecule has 168 valence electrons. The molecule has 0 saturated carbocycles. The van der Waals surface area contributed by atoms with Crippen LogP contribution in [0.2, 0.25) is 0 Å². The first kappa shape index (κ1) is 24.7. The van der Waals surface area contributed by atoms with Crippen LogP contribution >= 0.6 is 12.4 Å². The number of amides is 1. The number of rotatable bonds is 7. The molecule has 0 aromatic heterocycles. The molecule has 32 heavy (non-hydrogen) atoms. The Hall–Kier alpha value is -3.56. The lowest BCUT2D eigenvalue weighted by atomic mass is 10.2. The quantitative estimate of drug-likeness (QED) is 0.354. The molecule has 3 aromatic rings. The smallest absolute Gasteiger partial charge is 0.257 e. The topological polar surface area (TPSA) is 132 Å². The van der Waals surface area contributed by atoms with Crippen molar-refractivity contribution in [3.63, 3.8) is 0 Å². The van der Waals surface area contributed by atoms with Crippen molar-refractivity contribution >= 4 is 34.1 Å². The average molecular weight is 476 g/mol. The largest absolute Gasteiger partial charge is 0.489 e. The van der Waals surface area contributed by atoms with Crippen molar-refractivity contribution in [1.82, 2.24) is 5.32 Å². The van der Waals surface area contributed by atoms with E-state index in [2.05, 4.69) is 5.32 Å². The van der Waals surface area contributed by atoms with E-state index in [1.807, 2.05) is 30.3 Å². The van der Waals surface area contributed by atoms with Crippen LogP contribution in [0.25, 0.3) is 0 Å². The van der Waals surface area contributed by atoms with Crippen LogP contribution in [0.1, 0.15) is 15.9 Å². The number of carbonyl (C=O) groups is 1. The lowest BCUT2D eigenvalue weighted by molar-refractivity contribution is 0.0976. The molecule has 8 nitrogen and oxygen atoms in total. The molecule has 10 heteroatoms. The molecular formula is C22H22ClN3O5S. The summed E-state index contributed by atoms with van der Waals surface area (Å²) in [7, 11) is -3.70. The van der Waals surface area contributed by atoms with Crippen LogP contribution in [0.15, 0.2) is 77.7 Å². The van der Waals surface area contributed by atoms with E-state index in [4.69, 9.17) is 20.6 Å². The number of benzene rings is 3. The van der Waals surface area contributed by atoms with E-state index in [1.54, 1.807) is 24.3 Å².